The third kappa shape index (κ3) is 6.15. The van der Waals surface area contributed by atoms with Crippen LogP contribution in [0.2, 0.25) is 0 Å². The molecule has 1 heterocycles. The second kappa shape index (κ2) is 11.1. The molecule has 0 spiro atoms. The summed E-state index contributed by atoms with van der Waals surface area (Å²) in [6.07, 6.45) is 9.29. The van der Waals surface area contributed by atoms with Crippen molar-refractivity contribution in [2.75, 3.05) is 6.61 Å². The lowest BCUT2D eigenvalue weighted by Crippen LogP contribution is -1.97. The topological polar surface area (TPSA) is 35.0 Å². The van der Waals surface area contributed by atoms with Crippen LogP contribution in [0.4, 0.5) is 4.39 Å². The van der Waals surface area contributed by atoms with Gasteiger partial charge in [0, 0.05) is 29.1 Å². The largest absolute Gasteiger partial charge is 0.491 e. The molecular weight excluding hydrogens is 375 g/mol. The molecule has 0 saturated heterocycles. The Hall–Kier alpha value is -3.19. The van der Waals surface area contributed by atoms with E-state index in [-0.39, 0.29) is 11.6 Å². The zero-order valence-corrected chi connectivity index (χ0v) is 17.6. The molecule has 3 rings (SSSR count). The van der Waals surface area contributed by atoms with Crippen molar-refractivity contribution in [1.29, 1.82) is 0 Å². The van der Waals surface area contributed by atoms with Gasteiger partial charge in [-0.15, -0.1) is 0 Å². The average molecular weight is 403 g/mol. The number of hydrogen-bond donors (Lipinski definition) is 0. The van der Waals surface area contributed by atoms with Gasteiger partial charge in [-0.25, -0.2) is 14.4 Å². The van der Waals surface area contributed by atoms with Gasteiger partial charge in [0.05, 0.1) is 6.61 Å². The molecule has 4 heteroatoms. The summed E-state index contributed by atoms with van der Waals surface area (Å²) >= 11 is 0. The maximum atomic E-state index is 14.0. The molecule has 154 valence electrons. The molecule has 0 atom stereocenters. The third-order valence-corrected chi connectivity index (χ3v) is 4.66. The normalized spacial score (nSPS) is 10.4. The number of nitrogens with zero attached hydrogens (tertiary/aromatic N) is 2. The van der Waals surface area contributed by atoms with Crippen LogP contribution >= 0.6 is 0 Å². The quantitative estimate of drug-likeness (QED) is 0.332. The SMILES string of the molecule is CCCCCc1cnc(-c2ccc(C#Cc3ccc(OCCC)c(F)c3)cc2)nc1. The number of benzene rings is 2. The van der Waals surface area contributed by atoms with Gasteiger partial charge in [0.1, 0.15) is 0 Å². The fourth-order valence-electron chi connectivity index (χ4n) is 2.97. The van der Waals surface area contributed by atoms with Crippen molar-refractivity contribution in [2.24, 2.45) is 0 Å². The first-order valence-electron chi connectivity index (χ1n) is 10.5. The Morgan fingerprint density at radius 3 is 2.23 bits per heavy atom. The average Bonchev–Trinajstić information content (AvgIpc) is 2.78. The summed E-state index contributed by atoms with van der Waals surface area (Å²) in [5.74, 6) is 6.65. The van der Waals surface area contributed by atoms with Crippen molar-refractivity contribution in [1.82, 2.24) is 9.97 Å². The van der Waals surface area contributed by atoms with Gasteiger partial charge >= 0.3 is 0 Å². The highest BCUT2D eigenvalue weighted by molar-refractivity contribution is 5.57. The van der Waals surface area contributed by atoms with Gasteiger partial charge in [0.25, 0.3) is 0 Å². The summed E-state index contributed by atoms with van der Waals surface area (Å²) in [6, 6.07) is 12.6. The fourth-order valence-corrected chi connectivity index (χ4v) is 2.97. The summed E-state index contributed by atoms with van der Waals surface area (Å²) < 4.78 is 19.4. The second-order valence-corrected chi connectivity index (χ2v) is 7.19. The van der Waals surface area contributed by atoms with E-state index in [2.05, 4.69) is 28.7 Å². The number of rotatable bonds is 8. The van der Waals surface area contributed by atoms with Crippen LogP contribution in [0.3, 0.4) is 0 Å². The van der Waals surface area contributed by atoms with Crippen LogP contribution < -0.4 is 4.74 Å². The molecule has 0 saturated carbocycles. The van der Waals surface area contributed by atoms with Gasteiger partial charge in [-0.1, -0.05) is 38.5 Å². The van der Waals surface area contributed by atoms with E-state index < -0.39 is 0 Å². The maximum absolute atomic E-state index is 14.0. The Bertz CT molecular complexity index is 1000. The lowest BCUT2D eigenvalue weighted by molar-refractivity contribution is 0.301. The first-order chi connectivity index (χ1) is 14.7. The van der Waals surface area contributed by atoms with Crippen LogP contribution in [-0.2, 0) is 6.42 Å². The van der Waals surface area contributed by atoms with Crippen LogP contribution in [0.1, 0.15) is 56.2 Å². The first-order valence-corrected chi connectivity index (χ1v) is 10.5. The van der Waals surface area contributed by atoms with E-state index >= 15 is 0 Å². The van der Waals surface area contributed by atoms with Gasteiger partial charge in [-0.2, -0.15) is 0 Å². The Morgan fingerprint density at radius 1 is 0.867 bits per heavy atom. The second-order valence-electron chi connectivity index (χ2n) is 7.19. The standard InChI is InChI=1S/C26H27FN2O/c1-3-5-6-7-22-18-28-26(29-19-22)23-13-10-20(11-14-23)8-9-21-12-15-25(24(27)17-21)30-16-4-2/h10-15,17-19H,3-7,16H2,1-2H3. The molecule has 1 aromatic heterocycles. The highest BCUT2D eigenvalue weighted by atomic mass is 19.1. The molecular formula is C26H27FN2O. The molecule has 0 N–H and O–H groups in total. The number of aromatic nitrogens is 2. The lowest BCUT2D eigenvalue weighted by atomic mass is 10.1. The van der Waals surface area contributed by atoms with Crippen molar-refractivity contribution in [2.45, 2.75) is 46.0 Å². The van der Waals surface area contributed by atoms with E-state index in [1.165, 1.54) is 30.9 Å². The van der Waals surface area contributed by atoms with Crippen LogP contribution in [0.5, 0.6) is 5.75 Å². The van der Waals surface area contributed by atoms with E-state index in [0.717, 1.165) is 24.0 Å². The van der Waals surface area contributed by atoms with Gasteiger partial charge in [0.15, 0.2) is 17.4 Å². The summed E-state index contributed by atoms with van der Waals surface area (Å²) in [5.41, 5.74) is 3.58. The first kappa shape index (κ1) is 21.5. The third-order valence-electron chi connectivity index (χ3n) is 4.66. The fraction of sp³-hybridized carbons (Fsp3) is 0.308. The molecule has 30 heavy (non-hydrogen) atoms. The van der Waals surface area contributed by atoms with Crippen molar-refractivity contribution in [3.63, 3.8) is 0 Å². The number of ether oxygens (including phenoxy) is 1. The Labute approximate surface area is 178 Å². The number of unbranched alkanes of at least 4 members (excludes halogenated alkanes) is 2. The smallest absolute Gasteiger partial charge is 0.166 e. The number of hydrogen-bond acceptors (Lipinski definition) is 3. The molecule has 0 radical (unpaired) electrons. The minimum absolute atomic E-state index is 0.267. The molecule has 0 unspecified atom stereocenters. The van der Waals surface area contributed by atoms with E-state index in [0.29, 0.717) is 18.0 Å². The van der Waals surface area contributed by atoms with Gasteiger partial charge < -0.3 is 4.74 Å². The van der Waals surface area contributed by atoms with Crippen LogP contribution in [0.25, 0.3) is 11.4 Å². The molecule has 0 aliphatic heterocycles. The molecule has 0 fully saturated rings. The highest BCUT2D eigenvalue weighted by Gasteiger charge is 2.04. The van der Waals surface area contributed by atoms with Crippen LogP contribution in [-0.4, -0.2) is 16.6 Å². The van der Waals surface area contributed by atoms with Gasteiger partial charge in [0.2, 0.25) is 0 Å². The zero-order valence-electron chi connectivity index (χ0n) is 17.6. The zero-order chi connectivity index (χ0) is 21.2. The van der Waals surface area contributed by atoms with Gasteiger partial charge in [-0.3, -0.25) is 0 Å². The van der Waals surface area contributed by atoms with Gasteiger partial charge in [-0.05, 0) is 67.3 Å². The molecule has 0 aliphatic rings. The number of aryl methyl sites for hydroxylation is 1. The summed E-state index contributed by atoms with van der Waals surface area (Å²) in [7, 11) is 0. The lowest BCUT2D eigenvalue weighted by Gasteiger charge is -2.05. The maximum Gasteiger partial charge on any atom is 0.166 e. The number of halogens is 1. The van der Waals surface area contributed by atoms with Crippen molar-refractivity contribution < 1.29 is 9.13 Å². The van der Waals surface area contributed by atoms with E-state index in [4.69, 9.17) is 4.74 Å². The van der Waals surface area contributed by atoms with E-state index in [1.54, 1.807) is 12.1 Å². The summed E-state index contributed by atoms with van der Waals surface area (Å²) in [6.45, 7) is 4.68. The minimum Gasteiger partial charge on any atom is -0.491 e. The molecule has 2 aromatic carbocycles. The van der Waals surface area contributed by atoms with Crippen LogP contribution in [0.15, 0.2) is 54.9 Å². The monoisotopic (exact) mass is 402 g/mol. The highest BCUT2D eigenvalue weighted by Crippen LogP contribution is 2.19. The summed E-state index contributed by atoms with van der Waals surface area (Å²) in [5, 5.41) is 0. The predicted octanol–water partition coefficient (Wildman–Crippen LogP) is 6.20. The Morgan fingerprint density at radius 2 is 1.57 bits per heavy atom. The van der Waals surface area contributed by atoms with Crippen LogP contribution in [0, 0.1) is 17.7 Å². The molecule has 0 amide bonds. The molecule has 0 bridgehead atoms. The predicted molar refractivity (Wildman–Crippen MR) is 119 cm³/mol. The molecule has 0 aliphatic carbocycles. The molecule has 3 aromatic rings. The van der Waals surface area contributed by atoms with Crippen molar-refractivity contribution >= 4 is 0 Å². The van der Waals surface area contributed by atoms with E-state index in [1.807, 2.05) is 43.6 Å². The van der Waals surface area contributed by atoms with Crippen molar-refractivity contribution in [3.05, 3.63) is 77.4 Å². The van der Waals surface area contributed by atoms with E-state index in [9.17, 15) is 4.39 Å². The molecule has 3 nitrogen and oxygen atoms in total. The Kier molecular flexibility index (Phi) is 7.97. The Balaban J connectivity index is 1.64. The summed E-state index contributed by atoms with van der Waals surface area (Å²) in [4.78, 5) is 8.98. The van der Waals surface area contributed by atoms with Crippen molar-refractivity contribution in [3.8, 4) is 29.0 Å². The minimum atomic E-state index is -0.388.